The van der Waals surface area contributed by atoms with E-state index in [9.17, 15) is 4.79 Å². The SMILES string of the molecule is Cc1c(Br)cccc1C(=O)NCC[C@@H]1CCCO1. The van der Waals surface area contributed by atoms with Crippen molar-refractivity contribution in [2.45, 2.75) is 32.3 Å². The highest BCUT2D eigenvalue weighted by molar-refractivity contribution is 9.10. The second-order valence-electron chi connectivity index (χ2n) is 4.59. The summed E-state index contributed by atoms with van der Waals surface area (Å²) >= 11 is 3.44. The van der Waals surface area contributed by atoms with Crippen molar-refractivity contribution >= 4 is 21.8 Å². The second-order valence-corrected chi connectivity index (χ2v) is 5.45. The molecule has 0 saturated carbocycles. The monoisotopic (exact) mass is 311 g/mol. The van der Waals surface area contributed by atoms with Crippen LogP contribution in [0.4, 0.5) is 0 Å². The molecule has 98 valence electrons. The number of carbonyl (C=O) groups is 1. The smallest absolute Gasteiger partial charge is 0.251 e. The Morgan fingerprint density at radius 2 is 2.39 bits per heavy atom. The Bertz CT molecular complexity index is 428. The van der Waals surface area contributed by atoms with Crippen molar-refractivity contribution in [1.29, 1.82) is 0 Å². The molecule has 0 unspecified atom stereocenters. The van der Waals surface area contributed by atoms with Crippen LogP contribution in [0, 0.1) is 6.92 Å². The van der Waals surface area contributed by atoms with E-state index in [0.29, 0.717) is 12.6 Å². The van der Waals surface area contributed by atoms with Crippen molar-refractivity contribution in [2.24, 2.45) is 0 Å². The number of ether oxygens (including phenoxy) is 1. The molecule has 1 aliphatic heterocycles. The van der Waals surface area contributed by atoms with Gasteiger partial charge in [-0.15, -0.1) is 0 Å². The number of nitrogens with one attached hydrogen (secondary N) is 1. The number of hydrogen-bond acceptors (Lipinski definition) is 2. The fourth-order valence-corrected chi connectivity index (χ4v) is 2.53. The molecule has 0 aliphatic carbocycles. The summed E-state index contributed by atoms with van der Waals surface area (Å²) in [4.78, 5) is 12.0. The van der Waals surface area contributed by atoms with Gasteiger partial charge in [-0.2, -0.15) is 0 Å². The predicted molar refractivity (Wildman–Crippen MR) is 74.8 cm³/mol. The Morgan fingerprint density at radius 3 is 3.11 bits per heavy atom. The number of halogens is 1. The van der Waals surface area contributed by atoms with Gasteiger partial charge in [-0.25, -0.2) is 0 Å². The minimum absolute atomic E-state index is 0.00760. The fraction of sp³-hybridized carbons (Fsp3) is 0.500. The molecule has 0 aromatic heterocycles. The molecule has 0 bridgehead atoms. The standard InChI is InChI=1S/C14H18BrNO2/c1-10-12(5-2-6-13(10)15)14(17)16-8-7-11-4-3-9-18-11/h2,5-6,11H,3-4,7-9H2,1H3,(H,16,17)/t11-/m0/s1. The lowest BCUT2D eigenvalue weighted by Gasteiger charge is -2.11. The lowest BCUT2D eigenvalue weighted by Crippen LogP contribution is -2.27. The molecule has 1 fully saturated rings. The zero-order chi connectivity index (χ0) is 13.0. The first-order valence-corrected chi connectivity index (χ1v) is 7.12. The summed E-state index contributed by atoms with van der Waals surface area (Å²) < 4.78 is 6.49. The average Bonchev–Trinajstić information content (AvgIpc) is 2.85. The van der Waals surface area contributed by atoms with E-state index in [0.717, 1.165) is 41.5 Å². The van der Waals surface area contributed by atoms with Gasteiger partial charge in [0.15, 0.2) is 0 Å². The molecule has 1 heterocycles. The van der Waals surface area contributed by atoms with Crippen LogP contribution in [0.5, 0.6) is 0 Å². The van der Waals surface area contributed by atoms with Crippen LogP contribution in [0.15, 0.2) is 22.7 Å². The first-order valence-electron chi connectivity index (χ1n) is 6.33. The first-order chi connectivity index (χ1) is 8.68. The van der Waals surface area contributed by atoms with Crippen LogP contribution in [0.25, 0.3) is 0 Å². The van der Waals surface area contributed by atoms with Crippen LogP contribution in [-0.2, 0) is 4.74 Å². The van der Waals surface area contributed by atoms with Gasteiger partial charge in [0.2, 0.25) is 0 Å². The van der Waals surface area contributed by atoms with Gasteiger partial charge in [-0.05, 0) is 43.9 Å². The van der Waals surface area contributed by atoms with Crippen LogP contribution in [0.1, 0.15) is 35.2 Å². The van der Waals surface area contributed by atoms with Crippen molar-refractivity contribution in [1.82, 2.24) is 5.32 Å². The highest BCUT2D eigenvalue weighted by Gasteiger charge is 2.16. The second kappa shape index (κ2) is 6.34. The zero-order valence-corrected chi connectivity index (χ0v) is 12.1. The normalized spacial score (nSPS) is 18.9. The Hall–Kier alpha value is -0.870. The van der Waals surface area contributed by atoms with E-state index in [4.69, 9.17) is 4.74 Å². The van der Waals surface area contributed by atoms with Gasteiger partial charge in [0.1, 0.15) is 0 Å². The number of rotatable bonds is 4. The van der Waals surface area contributed by atoms with E-state index >= 15 is 0 Å². The lowest BCUT2D eigenvalue weighted by atomic mass is 10.1. The molecule has 2 rings (SSSR count). The van der Waals surface area contributed by atoms with Crippen molar-refractivity contribution in [3.05, 3.63) is 33.8 Å². The van der Waals surface area contributed by atoms with Crippen molar-refractivity contribution in [3.63, 3.8) is 0 Å². The lowest BCUT2D eigenvalue weighted by molar-refractivity contribution is 0.0906. The maximum Gasteiger partial charge on any atom is 0.251 e. The Kier molecular flexibility index (Phi) is 4.78. The van der Waals surface area contributed by atoms with E-state index < -0.39 is 0 Å². The largest absolute Gasteiger partial charge is 0.378 e. The molecule has 1 amide bonds. The first kappa shape index (κ1) is 13.6. The Morgan fingerprint density at radius 1 is 1.56 bits per heavy atom. The third-order valence-electron chi connectivity index (χ3n) is 3.29. The zero-order valence-electron chi connectivity index (χ0n) is 10.5. The van der Waals surface area contributed by atoms with E-state index in [1.807, 2.05) is 25.1 Å². The molecule has 1 saturated heterocycles. The minimum atomic E-state index is -0.00760. The molecule has 3 nitrogen and oxygen atoms in total. The number of hydrogen-bond donors (Lipinski definition) is 1. The van der Waals surface area contributed by atoms with Crippen LogP contribution >= 0.6 is 15.9 Å². The molecular weight excluding hydrogens is 294 g/mol. The highest BCUT2D eigenvalue weighted by atomic mass is 79.9. The molecule has 1 N–H and O–H groups in total. The molecule has 1 aromatic rings. The molecule has 1 aliphatic rings. The van der Waals surface area contributed by atoms with Crippen LogP contribution < -0.4 is 5.32 Å². The molecule has 1 atom stereocenters. The van der Waals surface area contributed by atoms with Crippen molar-refractivity contribution in [2.75, 3.05) is 13.2 Å². The summed E-state index contributed by atoms with van der Waals surface area (Å²) in [7, 11) is 0. The summed E-state index contributed by atoms with van der Waals surface area (Å²) in [6, 6.07) is 5.67. The van der Waals surface area contributed by atoms with E-state index in [1.54, 1.807) is 0 Å². The highest BCUT2D eigenvalue weighted by Crippen LogP contribution is 2.19. The summed E-state index contributed by atoms with van der Waals surface area (Å²) in [6.45, 7) is 3.48. The van der Waals surface area contributed by atoms with E-state index in [2.05, 4.69) is 21.2 Å². The van der Waals surface area contributed by atoms with Crippen LogP contribution in [0.2, 0.25) is 0 Å². The van der Waals surface area contributed by atoms with Gasteiger partial charge < -0.3 is 10.1 Å². The summed E-state index contributed by atoms with van der Waals surface area (Å²) in [5.74, 6) is -0.00760. The number of amides is 1. The minimum Gasteiger partial charge on any atom is -0.378 e. The van der Waals surface area contributed by atoms with Gasteiger partial charge >= 0.3 is 0 Å². The molecule has 1 aromatic carbocycles. The van der Waals surface area contributed by atoms with Gasteiger partial charge in [0, 0.05) is 23.2 Å². The third kappa shape index (κ3) is 3.33. The Balaban J connectivity index is 1.85. The molecule has 0 radical (unpaired) electrons. The van der Waals surface area contributed by atoms with Crippen LogP contribution in [-0.4, -0.2) is 25.2 Å². The third-order valence-corrected chi connectivity index (χ3v) is 4.15. The maximum absolute atomic E-state index is 12.0. The van der Waals surface area contributed by atoms with Crippen LogP contribution in [0.3, 0.4) is 0 Å². The van der Waals surface area contributed by atoms with E-state index in [1.165, 1.54) is 0 Å². The summed E-state index contributed by atoms with van der Waals surface area (Å²) in [5, 5.41) is 2.95. The van der Waals surface area contributed by atoms with E-state index in [-0.39, 0.29) is 5.91 Å². The number of carbonyl (C=O) groups excluding carboxylic acids is 1. The van der Waals surface area contributed by atoms with Gasteiger partial charge in [-0.1, -0.05) is 22.0 Å². The Labute approximate surface area is 116 Å². The van der Waals surface area contributed by atoms with Gasteiger partial charge in [0.05, 0.1) is 6.10 Å². The summed E-state index contributed by atoms with van der Waals surface area (Å²) in [5.41, 5.74) is 1.71. The van der Waals surface area contributed by atoms with Gasteiger partial charge in [-0.3, -0.25) is 4.79 Å². The maximum atomic E-state index is 12.0. The molecule has 18 heavy (non-hydrogen) atoms. The van der Waals surface area contributed by atoms with Crippen molar-refractivity contribution in [3.8, 4) is 0 Å². The fourth-order valence-electron chi connectivity index (χ4n) is 2.17. The number of benzene rings is 1. The quantitative estimate of drug-likeness (QED) is 0.928. The topological polar surface area (TPSA) is 38.3 Å². The molecular formula is C14H18BrNO2. The molecule has 0 spiro atoms. The van der Waals surface area contributed by atoms with Crippen molar-refractivity contribution < 1.29 is 9.53 Å². The predicted octanol–water partition coefficient (Wildman–Crippen LogP) is 3.06. The molecule has 4 heteroatoms. The average molecular weight is 312 g/mol. The summed E-state index contributed by atoms with van der Waals surface area (Å²) in [6.07, 6.45) is 3.49. The van der Waals surface area contributed by atoms with Gasteiger partial charge in [0.25, 0.3) is 5.91 Å².